The molecule has 0 aromatic heterocycles. The van der Waals surface area contributed by atoms with Crippen LogP contribution in [0.15, 0.2) is 29.4 Å². The summed E-state index contributed by atoms with van der Waals surface area (Å²) in [5.41, 5.74) is 1.03. The van der Waals surface area contributed by atoms with Crippen LogP contribution >= 0.6 is 0 Å². The summed E-state index contributed by atoms with van der Waals surface area (Å²) >= 11 is 0. The molecule has 0 unspecified atom stereocenters. The predicted molar refractivity (Wildman–Crippen MR) is 100 cm³/mol. The number of rotatable bonds is 1. The van der Waals surface area contributed by atoms with Crippen LogP contribution in [0.25, 0.3) is 0 Å². The Morgan fingerprint density at radius 1 is 1.22 bits per heavy atom. The number of likely N-dealkylation sites (N-methyl/N-ethyl adjacent to an activating group) is 1. The number of aliphatic imine (C=N–C) groups is 1. The number of hydrogen-bond donors (Lipinski definition) is 3. The molecule has 10 nitrogen and oxygen atoms in total. The number of nitrogens with one attached hydrogen (secondary N) is 2. The van der Waals surface area contributed by atoms with E-state index in [1.165, 1.54) is 0 Å². The molecule has 0 radical (unpaired) electrons. The lowest BCUT2D eigenvalue weighted by Gasteiger charge is -2.17. The van der Waals surface area contributed by atoms with E-state index in [9.17, 15) is 0 Å². The Morgan fingerprint density at radius 2 is 1.67 bits per heavy atom. The summed E-state index contributed by atoms with van der Waals surface area (Å²) in [6, 6.07) is 0. The average Bonchev–Trinajstić information content (AvgIpc) is 2.54. The van der Waals surface area contributed by atoms with Crippen LogP contribution in [-0.2, 0) is 24.0 Å². The Balaban J connectivity index is -0.000000201. The minimum atomic E-state index is -0.833. The van der Waals surface area contributed by atoms with Gasteiger partial charge in [0.2, 0.25) is 0 Å². The first kappa shape index (κ1) is 32.0. The number of hydrogen-bond acceptors (Lipinski definition) is 9. The Kier molecular flexibility index (Phi) is 33.3. The topological polar surface area (TPSA) is 145 Å². The highest BCUT2D eigenvalue weighted by Crippen LogP contribution is 1.94. The van der Waals surface area contributed by atoms with Gasteiger partial charge in [0.05, 0.1) is 5.70 Å². The lowest BCUT2D eigenvalue weighted by atomic mass is 10.3. The minimum absolute atomic E-state index is 0. The highest BCUT2D eigenvalue weighted by atomic mass is 16.4. The van der Waals surface area contributed by atoms with E-state index in [2.05, 4.69) is 34.2 Å². The van der Waals surface area contributed by atoms with Gasteiger partial charge in [-0.1, -0.05) is 20.1 Å². The van der Waals surface area contributed by atoms with Crippen LogP contribution in [0.5, 0.6) is 0 Å². The van der Waals surface area contributed by atoms with E-state index >= 15 is 0 Å². The lowest BCUT2D eigenvalue weighted by molar-refractivity contribution is -0.193. The van der Waals surface area contributed by atoms with Gasteiger partial charge < -0.3 is 20.6 Å². The summed E-state index contributed by atoms with van der Waals surface area (Å²) in [6.45, 7) is 10.5. The Labute approximate surface area is 160 Å². The third-order valence-electron chi connectivity index (χ3n) is 2.45. The number of carboxylic acids is 1. The largest absolute Gasteiger partial charge is 0.481 e. The first-order chi connectivity index (χ1) is 12.4. The van der Waals surface area contributed by atoms with Crippen molar-refractivity contribution in [2.75, 3.05) is 46.3 Å². The van der Waals surface area contributed by atoms with Crippen molar-refractivity contribution in [3.05, 3.63) is 24.4 Å². The van der Waals surface area contributed by atoms with Gasteiger partial charge in [-0.3, -0.25) is 9.79 Å². The molecule has 1 aliphatic rings. The number of nitrogens with zero attached hydrogens (tertiary/aromatic N) is 2. The van der Waals surface area contributed by atoms with Gasteiger partial charge in [-0.2, -0.15) is 19.2 Å². The van der Waals surface area contributed by atoms with Gasteiger partial charge in [0.15, 0.2) is 0 Å². The lowest BCUT2D eigenvalue weighted by Crippen LogP contribution is -2.35. The molecule has 0 aromatic rings. The average molecular weight is 386 g/mol. The second-order valence-electron chi connectivity index (χ2n) is 4.58. The summed E-state index contributed by atoms with van der Waals surface area (Å²) < 4.78 is 0. The Bertz CT molecular complexity index is 478. The van der Waals surface area contributed by atoms with Crippen LogP contribution in [0, 0.1) is 0 Å². The molecule has 10 heteroatoms. The third kappa shape index (κ3) is 39.8. The standard InChI is InChI=1S/C12H22N4.C2H4O2.2CO2.CH4/c1-3-4-12-11-14-8-10-16(2)9-7-13-5-6-15-12;1-2(3)4;2*2-1-3;/h3-4,6,13-14H,1,5,7-11H2,2H3;1H3,(H,3,4);;;1H4/b12-4-,15-6?;;;;. The molecule has 0 bridgehead atoms. The van der Waals surface area contributed by atoms with E-state index in [0.29, 0.717) is 0 Å². The Hall–Kier alpha value is -2.74. The van der Waals surface area contributed by atoms with E-state index in [1.807, 2.05) is 12.3 Å². The number of carbonyl (C=O) groups is 1. The fourth-order valence-electron chi connectivity index (χ4n) is 1.48. The summed E-state index contributed by atoms with van der Waals surface area (Å²) in [5, 5.41) is 14.1. The van der Waals surface area contributed by atoms with Crippen molar-refractivity contribution < 1.29 is 29.1 Å². The van der Waals surface area contributed by atoms with Crippen molar-refractivity contribution in [2.24, 2.45) is 4.99 Å². The molecule has 1 heterocycles. The highest BCUT2D eigenvalue weighted by Gasteiger charge is 1.99. The van der Waals surface area contributed by atoms with Crippen LogP contribution in [0.3, 0.4) is 0 Å². The smallest absolute Gasteiger partial charge is 0.373 e. The van der Waals surface area contributed by atoms with Crippen LogP contribution in [0.4, 0.5) is 0 Å². The summed E-state index contributed by atoms with van der Waals surface area (Å²) in [5.74, 6) is -0.833. The maximum atomic E-state index is 9.00. The quantitative estimate of drug-likeness (QED) is 0.558. The van der Waals surface area contributed by atoms with E-state index in [1.54, 1.807) is 6.08 Å². The number of allylic oxidation sites excluding steroid dienone is 2. The van der Waals surface area contributed by atoms with Gasteiger partial charge in [-0.05, 0) is 13.1 Å². The molecule has 0 saturated heterocycles. The van der Waals surface area contributed by atoms with Crippen LogP contribution in [0.1, 0.15) is 14.4 Å². The van der Waals surface area contributed by atoms with E-state index < -0.39 is 5.97 Å². The van der Waals surface area contributed by atoms with Gasteiger partial charge in [0.1, 0.15) is 0 Å². The maximum Gasteiger partial charge on any atom is 0.373 e. The van der Waals surface area contributed by atoms with E-state index in [4.69, 9.17) is 29.1 Å². The molecule has 0 amide bonds. The van der Waals surface area contributed by atoms with Crippen molar-refractivity contribution in [1.29, 1.82) is 0 Å². The highest BCUT2D eigenvalue weighted by molar-refractivity contribution is 5.63. The number of carbonyl (C=O) groups excluding carboxylic acids is 4. The van der Waals surface area contributed by atoms with E-state index in [-0.39, 0.29) is 19.7 Å². The van der Waals surface area contributed by atoms with Gasteiger partial charge in [-0.25, -0.2) is 0 Å². The molecular weight excluding hydrogens is 356 g/mol. The molecule has 0 fully saturated rings. The van der Waals surface area contributed by atoms with Gasteiger partial charge >= 0.3 is 12.3 Å². The fraction of sp³-hybridized carbons (Fsp3) is 0.529. The molecule has 0 aliphatic carbocycles. The second kappa shape index (κ2) is 28.1. The molecule has 0 saturated carbocycles. The van der Waals surface area contributed by atoms with Crippen LogP contribution < -0.4 is 10.6 Å². The molecule has 27 heavy (non-hydrogen) atoms. The molecule has 1 rings (SSSR count). The zero-order valence-electron chi connectivity index (χ0n) is 15.1. The summed E-state index contributed by atoms with van der Waals surface area (Å²) in [4.78, 5) is 48.2. The first-order valence-corrected chi connectivity index (χ1v) is 7.51. The first-order valence-electron chi connectivity index (χ1n) is 7.51. The third-order valence-corrected chi connectivity index (χ3v) is 2.45. The monoisotopic (exact) mass is 386 g/mol. The predicted octanol–water partition coefficient (Wildman–Crippen LogP) is -0.188. The number of aliphatic carboxylic acids is 1. The summed E-state index contributed by atoms with van der Waals surface area (Å²) in [7, 11) is 2.14. The van der Waals surface area contributed by atoms with Crippen molar-refractivity contribution in [3.8, 4) is 0 Å². The second-order valence-corrected chi connectivity index (χ2v) is 4.58. The molecule has 1 aliphatic heterocycles. The maximum absolute atomic E-state index is 9.00. The van der Waals surface area contributed by atoms with Crippen molar-refractivity contribution in [2.45, 2.75) is 14.4 Å². The van der Waals surface area contributed by atoms with Crippen molar-refractivity contribution >= 4 is 24.5 Å². The van der Waals surface area contributed by atoms with Gasteiger partial charge in [-0.15, -0.1) is 0 Å². The van der Waals surface area contributed by atoms with Crippen LogP contribution in [-0.4, -0.2) is 80.8 Å². The fourth-order valence-corrected chi connectivity index (χ4v) is 1.48. The van der Waals surface area contributed by atoms with Crippen molar-refractivity contribution in [3.63, 3.8) is 0 Å². The molecule has 3 N–H and O–H groups in total. The van der Waals surface area contributed by atoms with E-state index in [0.717, 1.165) is 51.9 Å². The van der Waals surface area contributed by atoms with Gasteiger partial charge in [0.25, 0.3) is 5.97 Å². The molecule has 0 atom stereocenters. The zero-order chi connectivity index (χ0) is 20.6. The SMILES string of the molecule is C.C=C/C=C1/CNCCN(C)CCNCC=N1.CC(=O)O.O=C=O.O=C=O. The molecule has 154 valence electrons. The van der Waals surface area contributed by atoms with Gasteiger partial charge in [0, 0.05) is 52.4 Å². The normalized spacial score (nSPS) is 15.6. The van der Waals surface area contributed by atoms with Crippen molar-refractivity contribution in [1.82, 2.24) is 15.5 Å². The van der Waals surface area contributed by atoms with Crippen LogP contribution in [0.2, 0.25) is 0 Å². The zero-order valence-corrected chi connectivity index (χ0v) is 15.1. The molecule has 0 spiro atoms. The Morgan fingerprint density at radius 3 is 2.11 bits per heavy atom. The number of carboxylic acid groups (broad SMARTS) is 1. The molecular formula is C17H30N4O6. The minimum Gasteiger partial charge on any atom is -0.481 e. The summed E-state index contributed by atoms with van der Waals surface area (Å²) in [6.07, 6.45) is 6.14. The molecule has 0 aromatic carbocycles.